The molecule has 1 aromatic carbocycles. The molecule has 8 heteroatoms. The highest BCUT2D eigenvalue weighted by Gasteiger charge is 2.53. The third kappa shape index (κ3) is 4.71. The van der Waals surface area contributed by atoms with Crippen molar-refractivity contribution in [3.05, 3.63) is 40.8 Å². The van der Waals surface area contributed by atoms with Crippen LogP contribution in [0.1, 0.15) is 82.1 Å². The van der Waals surface area contributed by atoms with Crippen LogP contribution < -0.4 is 14.3 Å². The topological polar surface area (TPSA) is 61.4 Å². The Labute approximate surface area is 214 Å². The van der Waals surface area contributed by atoms with Crippen LogP contribution >= 0.6 is 23.3 Å². The maximum atomic E-state index is 13.7. The first-order chi connectivity index (χ1) is 16.1. The lowest BCUT2D eigenvalue weighted by molar-refractivity contribution is 0.0980. The largest absolute Gasteiger partial charge is 0.330 e. The van der Waals surface area contributed by atoms with Gasteiger partial charge >= 0.3 is 0 Å². The molecule has 2 heterocycles. The summed E-state index contributed by atoms with van der Waals surface area (Å²) < 4.78 is 20.0. The van der Waals surface area contributed by atoms with Crippen LogP contribution in [0.4, 0.5) is 11.4 Å². The van der Waals surface area contributed by atoms with Crippen LogP contribution in [0.25, 0.3) is 0 Å². The smallest absolute Gasteiger partial charge is 0.259 e. The van der Waals surface area contributed by atoms with E-state index in [1.54, 1.807) is 18.0 Å². The standard InChI is InChI=1S/C26H35N3O2S3/c1-5-33-27-19-6-7-21-20(15-19)26(12-10-25(8-9-25)11-13-26)17-29(21)23(30)18-14-22(32-16-18)34(31)28-24(2,3)4/h6-7,14-16,27-28H,5,8-13,17H2,1-4H3. The second-order valence-electron chi connectivity index (χ2n) is 11.2. The minimum Gasteiger partial charge on any atom is -0.330 e. The van der Waals surface area contributed by atoms with Gasteiger partial charge in [-0.15, -0.1) is 11.3 Å². The van der Waals surface area contributed by atoms with Gasteiger partial charge in [-0.05, 0) is 94.5 Å². The molecule has 1 amide bonds. The van der Waals surface area contributed by atoms with Crippen molar-refractivity contribution < 1.29 is 9.00 Å². The van der Waals surface area contributed by atoms with Gasteiger partial charge in [0, 0.05) is 40.0 Å². The van der Waals surface area contributed by atoms with Crippen LogP contribution in [0.5, 0.6) is 0 Å². The van der Waals surface area contributed by atoms with Gasteiger partial charge in [-0.25, -0.2) is 8.93 Å². The molecule has 2 spiro atoms. The Morgan fingerprint density at radius 3 is 2.50 bits per heavy atom. The minimum atomic E-state index is -1.33. The van der Waals surface area contributed by atoms with Gasteiger partial charge in [0.25, 0.3) is 5.91 Å². The van der Waals surface area contributed by atoms with Crippen LogP contribution in [0, 0.1) is 5.41 Å². The van der Waals surface area contributed by atoms with E-state index < -0.39 is 11.0 Å². The second kappa shape index (κ2) is 8.95. The number of amides is 1. The summed E-state index contributed by atoms with van der Waals surface area (Å²) in [4.78, 5) is 15.7. The molecule has 2 N–H and O–H groups in total. The normalized spacial score (nSPS) is 21.0. The molecule has 34 heavy (non-hydrogen) atoms. The summed E-state index contributed by atoms with van der Waals surface area (Å²) in [7, 11) is -1.33. The molecular formula is C26H35N3O2S3. The van der Waals surface area contributed by atoms with Crippen molar-refractivity contribution in [1.82, 2.24) is 4.72 Å². The van der Waals surface area contributed by atoms with Gasteiger partial charge in [0.1, 0.15) is 15.2 Å². The van der Waals surface area contributed by atoms with Gasteiger partial charge in [0.2, 0.25) is 0 Å². The number of hydrogen-bond donors (Lipinski definition) is 2. The highest BCUT2D eigenvalue weighted by atomic mass is 32.2. The molecule has 1 aliphatic heterocycles. The fraction of sp³-hybridized carbons (Fsp3) is 0.577. The van der Waals surface area contributed by atoms with E-state index in [-0.39, 0.29) is 16.9 Å². The summed E-state index contributed by atoms with van der Waals surface area (Å²) in [5.74, 6) is 1.02. The number of carbonyl (C=O) groups excluding carboxylic acids is 1. The zero-order valence-electron chi connectivity index (χ0n) is 20.5. The fourth-order valence-electron chi connectivity index (χ4n) is 5.44. The van der Waals surface area contributed by atoms with Crippen molar-refractivity contribution in [2.24, 2.45) is 5.41 Å². The summed E-state index contributed by atoms with van der Waals surface area (Å²) in [6.07, 6.45) is 7.62. The number of anilines is 2. The number of nitrogens with zero attached hydrogens (tertiary/aromatic N) is 1. The summed E-state index contributed by atoms with van der Waals surface area (Å²) >= 11 is 3.09. The molecule has 5 rings (SSSR count). The quantitative estimate of drug-likeness (QED) is 0.430. The number of hydrogen-bond acceptors (Lipinski definition) is 5. The summed E-state index contributed by atoms with van der Waals surface area (Å²) in [6, 6.07) is 8.31. The molecular weight excluding hydrogens is 483 g/mol. The lowest BCUT2D eigenvalue weighted by atomic mass is 9.66. The van der Waals surface area contributed by atoms with Crippen molar-refractivity contribution in [2.75, 3.05) is 21.9 Å². The van der Waals surface area contributed by atoms with Crippen molar-refractivity contribution in [2.45, 2.75) is 81.4 Å². The number of fused-ring (bicyclic) bond motifs is 2. The average Bonchev–Trinajstić information content (AvgIpc) is 3.25. The van der Waals surface area contributed by atoms with Crippen LogP contribution in [0.3, 0.4) is 0 Å². The van der Waals surface area contributed by atoms with Crippen molar-refractivity contribution >= 4 is 51.6 Å². The lowest BCUT2D eigenvalue weighted by Gasteiger charge is -2.38. The molecule has 0 saturated heterocycles. The first-order valence-corrected chi connectivity index (χ1v) is 15.3. The molecule has 2 fully saturated rings. The molecule has 2 aromatic rings. The molecule has 1 unspecified atom stereocenters. The van der Waals surface area contributed by atoms with E-state index in [1.807, 2.05) is 31.1 Å². The van der Waals surface area contributed by atoms with E-state index in [2.05, 4.69) is 34.6 Å². The third-order valence-corrected chi connectivity index (χ3v) is 10.9. The summed E-state index contributed by atoms with van der Waals surface area (Å²) in [5, 5.41) is 1.86. The van der Waals surface area contributed by atoms with E-state index >= 15 is 0 Å². The number of rotatable bonds is 6. The summed E-state index contributed by atoms with van der Waals surface area (Å²) in [5.41, 5.74) is 4.50. The fourth-order valence-corrected chi connectivity index (χ4v) is 8.00. The van der Waals surface area contributed by atoms with Gasteiger partial charge < -0.3 is 9.62 Å². The predicted octanol–water partition coefficient (Wildman–Crippen LogP) is 6.49. The third-order valence-electron chi connectivity index (χ3n) is 7.53. The molecule has 184 valence electrons. The Morgan fingerprint density at radius 1 is 1.15 bits per heavy atom. The highest BCUT2D eigenvalue weighted by molar-refractivity contribution is 8.00. The van der Waals surface area contributed by atoms with Crippen LogP contribution in [0.15, 0.2) is 33.9 Å². The molecule has 5 nitrogen and oxygen atoms in total. The van der Waals surface area contributed by atoms with E-state index in [1.165, 1.54) is 42.6 Å². The summed E-state index contributed by atoms with van der Waals surface area (Å²) in [6.45, 7) is 8.86. The van der Waals surface area contributed by atoms with Crippen molar-refractivity contribution in [3.8, 4) is 0 Å². The predicted molar refractivity (Wildman–Crippen MR) is 145 cm³/mol. The van der Waals surface area contributed by atoms with Gasteiger partial charge in [0.05, 0.1) is 5.56 Å². The Balaban J connectivity index is 1.43. The Bertz CT molecular complexity index is 1110. The van der Waals surface area contributed by atoms with E-state index in [9.17, 15) is 9.00 Å². The van der Waals surface area contributed by atoms with Crippen molar-refractivity contribution in [1.29, 1.82) is 0 Å². The zero-order chi connectivity index (χ0) is 24.1. The maximum Gasteiger partial charge on any atom is 0.259 e. The van der Waals surface area contributed by atoms with Crippen LogP contribution in [0.2, 0.25) is 0 Å². The lowest BCUT2D eigenvalue weighted by Crippen LogP contribution is -2.39. The van der Waals surface area contributed by atoms with Crippen LogP contribution in [-0.2, 0) is 16.4 Å². The average molecular weight is 518 g/mol. The van der Waals surface area contributed by atoms with Gasteiger partial charge in [-0.2, -0.15) is 0 Å². The first-order valence-electron chi connectivity index (χ1n) is 12.3. The number of nitrogens with one attached hydrogen (secondary N) is 2. The van der Waals surface area contributed by atoms with Gasteiger partial charge in [0.15, 0.2) is 0 Å². The minimum absolute atomic E-state index is 0.0173. The van der Waals surface area contributed by atoms with E-state index in [4.69, 9.17) is 0 Å². The molecule has 0 bridgehead atoms. The second-order valence-corrected chi connectivity index (χ2v) is 14.6. The Kier molecular flexibility index (Phi) is 6.41. The Morgan fingerprint density at radius 2 is 1.85 bits per heavy atom. The monoisotopic (exact) mass is 517 g/mol. The molecule has 2 saturated carbocycles. The molecule has 2 aliphatic carbocycles. The number of thiophene rings is 1. The highest BCUT2D eigenvalue weighted by Crippen LogP contribution is 2.62. The maximum absolute atomic E-state index is 13.7. The number of carbonyl (C=O) groups is 1. The number of benzene rings is 1. The first kappa shape index (κ1) is 24.3. The molecule has 0 radical (unpaired) electrons. The molecule has 1 atom stereocenters. The van der Waals surface area contributed by atoms with E-state index in [0.717, 1.165) is 36.5 Å². The zero-order valence-corrected chi connectivity index (χ0v) is 23.0. The van der Waals surface area contributed by atoms with Crippen molar-refractivity contribution in [3.63, 3.8) is 0 Å². The van der Waals surface area contributed by atoms with Crippen LogP contribution in [-0.4, -0.2) is 28.0 Å². The van der Waals surface area contributed by atoms with Gasteiger partial charge in [-0.1, -0.05) is 18.9 Å². The molecule has 1 aromatic heterocycles. The van der Waals surface area contributed by atoms with Gasteiger partial charge in [-0.3, -0.25) is 4.79 Å². The van der Waals surface area contributed by atoms with E-state index in [0.29, 0.717) is 15.2 Å². The molecule has 3 aliphatic rings. The Hall–Kier alpha value is -1.35. The SMILES string of the molecule is CCSNc1ccc2c(c1)C1(CCC3(CC3)CC1)CN2C(=O)c1csc(S(=O)NC(C)(C)C)c1.